The molecule has 1 rings (SSSR count). The fourth-order valence-corrected chi connectivity index (χ4v) is 1.42. The summed E-state index contributed by atoms with van der Waals surface area (Å²) in [6.45, 7) is 1.76. The van der Waals surface area contributed by atoms with Gasteiger partial charge in [0.1, 0.15) is 18.0 Å². The second kappa shape index (κ2) is 7.07. The van der Waals surface area contributed by atoms with Crippen molar-refractivity contribution in [1.82, 2.24) is 0 Å². The van der Waals surface area contributed by atoms with E-state index in [0.717, 1.165) is 12.1 Å². The van der Waals surface area contributed by atoms with Crippen LogP contribution in [0.2, 0.25) is 5.02 Å². The van der Waals surface area contributed by atoms with Gasteiger partial charge in [0, 0.05) is 0 Å². The lowest BCUT2D eigenvalue weighted by Crippen LogP contribution is -2.07. The summed E-state index contributed by atoms with van der Waals surface area (Å²) in [5, 5.41) is 20.3. The summed E-state index contributed by atoms with van der Waals surface area (Å²) in [5.74, 6) is -1.51. The van der Waals surface area contributed by atoms with Crippen molar-refractivity contribution in [3.63, 3.8) is 0 Å². The largest absolute Gasteiger partial charge is 0.462 e. The predicted molar refractivity (Wildman–Crippen MR) is 69.7 cm³/mol. The Hall–Kier alpha value is -2.64. The van der Waals surface area contributed by atoms with Gasteiger partial charge in [0.15, 0.2) is 0 Å². The van der Waals surface area contributed by atoms with Crippen LogP contribution >= 0.6 is 11.6 Å². The molecule has 0 heterocycles. The van der Waals surface area contributed by atoms with Crippen LogP contribution in [0.3, 0.4) is 0 Å². The highest BCUT2D eigenvalue weighted by Crippen LogP contribution is 2.25. The Labute approximate surface area is 119 Å². The van der Waals surface area contributed by atoms with Crippen molar-refractivity contribution in [3.8, 4) is 12.1 Å². The number of nitrogens with one attached hydrogen (secondary N) is 1. The second-order valence-corrected chi connectivity index (χ2v) is 3.74. The average molecular weight is 295 g/mol. The minimum absolute atomic E-state index is 0.0527. The molecule has 20 heavy (non-hydrogen) atoms. The average Bonchev–Trinajstić information content (AvgIpc) is 2.42. The fraction of sp³-hybridized carbons (Fsp3) is 0.167. The first-order valence-electron chi connectivity index (χ1n) is 5.33. The Balaban J connectivity index is 3.13. The zero-order valence-corrected chi connectivity index (χ0v) is 11.0. The first-order valence-corrected chi connectivity index (χ1v) is 5.71. The van der Waals surface area contributed by atoms with E-state index in [1.165, 1.54) is 12.1 Å². The molecule has 1 aromatic carbocycles. The van der Waals surface area contributed by atoms with Crippen LogP contribution in [0.25, 0.3) is 0 Å². The van der Waals surface area contributed by atoms with E-state index in [1.54, 1.807) is 6.92 Å². The van der Waals surface area contributed by atoms with E-state index >= 15 is 0 Å². The first kappa shape index (κ1) is 15.4. The number of anilines is 1. The number of rotatable bonds is 4. The minimum atomic E-state index is -0.790. The van der Waals surface area contributed by atoms with Crippen molar-refractivity contribution >= 4 is 29.0 Å². The van der Waals surface area contributed by atoms with Crippen molar-refractivity contribution in [1.29, 1.82) is 10.5 Å². The highest BCUT2D eigenvalue weighted by Gasteiger charge is 2.15. The van der Waals surface area contributed by atoms with Crippen LogP contribution in [0.15, 0.2) is 17.2 Å². The van der Waals surface area contributed by atoms with Crippen LogP contribution in [0.4, 0.5) is 10.1 Å². The molecule has 1 N–H and O–H groups in total. The molecular formula is C12H8ClFN4O2. The third kappa shape index (κ3) is 3.67. The monoisotopic (exact) mass is 294 g/mol. The van der Waals surface area contributed by atoms with Crippen LogP contribution < -0.4 is 5.43 Å². The van der Waals surface area contributed by atoms with Crippen LogP contribution in [0.5, 0.6) is 0 Å². The molecule has 0 saturated heterocycles. The Morgan fingerprint density at radius 3 is 2.70 bits per heavy atom. The number of nitriles is 2. The number of carbonyl (C=O) groups is 1. The van der Waals surface area contributed by atoms with Crippen molar-refractivity contribution in [2.24, 2.45) is 5.10 Å². The number of esters is 1. The maximum absolute atomic E-state index is 13.6. The Kier molecular flexibility index (Phi) is 5.45. The summed E-state index contributed by atoms with van der Waals surface area (Å²) >= 11 is 5.74. The van der Waals surface area contributed by atoms with E-state index < -0.39 is 17.5 Å². The number of carbonyl (C=O) groups excluding carboxylic acids is 1. The van der Waals surface area contributed by atoms with Crippen molar-refractivity contribution in [2.45, 2.75) is 6.92 Å². The van der Waals surface area contributed by atoms with Crippen molar-refractivity contribution in [2.75, 3.05) is 12.0 Å². The SMILES string of the molecule is CCOC(=O)c1cc(NN=C(C#N)C#N)c(F)cc1Cl. The quantitative estimate of drug-likeness (QED) is 0.522. The van der Waals surface area contributed by atoms with Gasteiger partial charge in [0.05, 0.1) is 22.9 Å². The molecule has 0 saturated carbocycles. The van der Waals surface area contributed by atoms with Gasteiger partial charge in [0.2, 0.25) is 5.71 Å². The standard InChI is InChI=1S/C12H8ClFN4O2/c1-2-20-12(19)8-3-11(10(14)4-9(8)13)18-17-7(5-15)6-16/h3-4,18H,2H2,1H3. The van der Waals surface area contributed by atoms with Crippen LogP contribution in [-0.4, -0.2) is 18.3 Å². The summed E-state index contributed by atoms with van der Waals surface area (Å²) in [5.41, 5.74) is 1.43. The summed E-state index contributed by atoms with van der Waals surface area (Å²) < 4.78 is 18.4. The molecule has 0 atom stereocenters. The zero-order valence-electron chi connectivity index (χ0n) is 10.3. The van der Waals surface area contributed by atoms with E-state index in [9.17, 15) is 9.18 Å². The minimum Gasteiger partial charge on any atom is -0.462 e. The summed E-state index contributed by atoms with van der Waals surface area (Å²) in [6.07, 6.45) is 0. The van der Waals surface area contributed by atoms with Gasteiger partial charge in [-0.15, -0.1) is 0 Å². The molecule has 0 aromatic heterocycles. The lowest BCUT2D eigenvalue weighted by atomic mass is 10.2. The lowest BCUT2D eigenvalue weighted by Gasteiger charge is -2.08. The maximum Gasteiger partial charge on any atom is 0.339 e. The molecule has 0 bridgehead atoms. The van der Waals surface area contributed by atoms with Gasteiger partial charge in [-0.25, -0.2) is 9.18 Å². The molecule has 0 fully saturated rings. The molecule has 0 amide bonds. The smallest absolute Gasteiger partial charge is 0.339 e. The molecule has 6 nitrogen and oxygen atoms in total. The van der Waals surface area contributed by atoms with E-state index in [-0.39, 0.29) is 22.9 Å². The highest BCUT2D eigenvalue weighted by molar-refractivity contribution is 6.33. The number of hydrazone groups is 1. The number of halogens is 2. The van der Waals surface area contributed by atoms with Gasteiger partial charge >= 0.3 is 5.97 Å². The molecule has 0 radical (unpaired) electrons. The third-order valence-corrected chi connectivity index (χ3v) is 2.36. The molecule has 0 unspecified atom stereocenters. The van der Waals surface area contributed by atoms with Gasteiger partial charge in [-0.2, -0.15) is 15.6 Å². The molecule has 0 aliphatic rings. The predicted octanol–water partition coefficient (Wildman–Crippen LogP) is 2.47. The number of benzene rings is 1. The fourth-order valence-electron chi connectivity index (χ4n) is 1.19. The molecular weight excluding hydrogens is 287 g/mol. The Bertz CT molecular complexity index is 630. The zero-order chi connectivity index (χ0) is 15.1. The van der Waals surface area contributed by atoms with E-state index in [2.05, 4.69) is 10.5 Å². The summed E-state index contributed by atoms with van der Waals surface area (Å²) in [4.78, 5) is 11.6. The van der Waals surface area contributed by atoms with Gasteiger partial charge in [-0.1, -0.05) is 11.6 Å². The number of hydrogen-bond acceptors (Lipinski definition) is 6. The highest BCUT2D eigenvalue weighted by atomic mass is 35.5. The Morgan fingerprint density at radius 1 is 1.50 bits per heavy atom. The third-order valence-electron chi connectivity index (χ3n) is 2.05. The van der Waals surface area contributed by atoms with Crippen LogP contribution in [0, 0.1) is 28.5 Å². The van der Waals surface area contributed by atoms with Crippen LogP contribution in [0.1, 0.15) is 17.3 Å². The van der Waals surface area contributed by atoms with Crippen molar-refractivity contribution < 1.29 is 13.9 Å². The topological polar surface area (TPSA) is 98.3 Å². The molecule has 102 valence electrons. The molecule has 0 spiro atoms. The Morgan fingerprint density at radius 2 is 2.15 bits per heavy atom. The normalized spacial score (nSPS) is 9.05. The molecule has 0 aliphatic heterocycles. The maximum atomic E-state index is 13.6. The summed E-state index contributed by atoms with van der Waals surface area (Å²) in [7, 11) is 0. The van der Waals surface area contributed by atoms with Gasteiger partial charge in [0.25, 0.3) is 0 Å². The number of ether oxygens (including phenoxy) is 1. The van der Waals surface area contributed by atoms with Gasteiger partial charge in [-0.3, -0.25) is 5.43 Å². The van der Waals surface area contributed by atoms with Crippen molar-refractivity contribution in [3.05, 3.63) is 28.5 Å². The molecule has 0 aliphatic carbocycles. The molecule has 8 heteroatoms. The van der Waals surface area contributed by atoms with Gasteiger partial charge in [-0.05, 0) is 19.1 Å². The van der Waals surface area contributed by atoms with E-state index in [0.29, 0.717) is 0 Å². The van der Waals surface area contributed by atoms with E-state index in [4.69, 9.17) is 26.9 Å². The van der Waals surface area contributed by atoms with E-state index in [1.807, 2.05) is 0 Å². The van der Waals surface area contributed by atoms with Gasteiger partial charge < -0.3 is 4.74 Å². The molecule has 1 aromatic rings. The number of hydrogen-bond donors (Lipinski definition) is 1. The lowest BCUT2D eigenvalue weighted by molar-refractivity contribution is 0.0526. The second-order valence-electron chi connectivity index (χ2n) is 3.33. The first-order chi connectivity index (χ1) is 9.53. The number of nitrogens with zero attached hydrogens (tertiary/aromatic N) is 3. The van der Waals surface area contributed by atoms with Crippen LogP contribution in [-0.2, 0) is 4.74 Å². The summed E-state index contributed by atoms with van der Waals surface area (Å²) in [6, 6.07) is 4.99.